The number of anilines is 1. The Balaban J connectivity index is 2.40. The predicted octanol–water partition coefficient (Wildman–Crippen LogP) is 4.31. The molecule has 20 heavy (non-hydrogen) atoms. The maximum absolute atomic E-state index is 9.11. The van der Waals surface area contributed by atoms with Crippen molar-refractivity contribution in [1.82, 2.24) is 0 Å². The van der Waals surface area contributed by atoms with Gasteiger partial charge in [-0.1, -0.05) is 17.7 Å². The molecule has 0 aliphatic heterocycles. The number of allylic oxidation sites excluding steroid dienone is 1. The highest BCUT2D eigenvalue weighted by atomic mass is 35.5. The smallest absolute Gasteiger partial charge is 0.145 e. The summed E-state index contributed by atoms with van der Waals surface area (Å²) in [6.45, 7) is 3.71. The summed E-state index contributed by atoms with van der Waals surface area (Å²) < 4.78 is 5.81. The van der Waals surface area contributed by atoms with E-state index >= 15 is 0 Å². The van der Waals surface area contributed by atoms with Crippen molar-refractivity contribution in [3.63, 3.8) is 0 Å². The largest absolute Gasteiger partial charge is 0.456 e. The molecule has 0 amide bonds. The summed E-state index contributed by atoms with van der Waals surface area (Å²) in [5.74, 6) is 1.12. The Bertz CT molecular complexity index is 689. The first-order valence-electron chi connectivity index (χ1n) is 6.01. The fourth-order valence-electron chi connectivity index (χ4n) is 1.81. The number of nitrogens with zero attached hydrogens (tertiary/aromatic N) is 1. The minimum Gasteiger partial charge on any atom is -0.456 e. The Morgan fingerprint density at radius 2 is 2.00 bits per heavy atom. The molecule has 3 nitrogen and oxygen atoms in total. The van der Waals surface area contributed by atoms with Crippen LogP contribution >= 0.6 is 11.6 Å². The van der Waals surface area contributed by atoms with Gasteiger partial charge in [0.05, 0.1) is 5.56 Å². The van der Waals surface area contributed by atoms with Gasteiger partial charge in [0.25, 0.3) is 0 Å². The molecule has 2 aromatic rings. The van der Waals surface area contributed by atoms with Crippen molar-refractivity contribution in [1.29, 1.82) is 5.26 Å². The van der Waals surface area contributed by atoms with E-state index in [0.717, 1.165) is 5.56 Å². The molecule has 0 bridgehead atoms. The first-order valence-corrected chi connectivity index (χ1v) is 6.38. The Kier molecular flexibility index (Phi) is 4.29. The fourth-order valence-corrected chi connectivity index (χ4v) is 1.98. The van der Waals surface area contributed by atoms with Crippen LogP contribution in [0.25, 0.3) is 0 Å². The molecule has 0 saturated heterocycles. The van der Waals surface area contributed by atoms with E-state index in [2.05, 4.69) is 12.6 Å². The monoisotopic (exact) mass is 284 g/mol. The van der Waals surface area contributed by atoms with Crippen LogP contribution in [0.5, 0.6) is 11.5 Å². The molecule has 2 rings (SSSR count). The van der Waals surface area contributed by atoms with Crippen molar-refractivity contribution >= 4 is 17.3 Å². The van der Waals surface area contributed by atoms with E-state index in [-0.39, 0.29) is 0 Å². The van der Waals surface area contributed by atoms with E-state index in [1.807, 2.05) is 6.07 Å². The van der Waals surface area contributed by atoms with Gasteiger partial charge in [0.15, 0.2) is 0 Å². The van der Waals surface area contributed by atoms with Gasteiger partial charge in [0.2, 0.25) is 0 Å². The second kappa shape index (κ2) is 6.14. The average molecular weight is 285 g/mol. The summed E-state index contributed by atoms with van der Waals surface area (Å²) in [4.78, 5) is 0. The van der Waals surface area contributed by atoms with Gasteiger partial charge in [-0.15, -0.1) is 6.58 Å². The Labute approximate surface area is 122 Å². The van der Waals surface area contributed by atoms with Gasteiger partial charge in [-0.05, 0) is 42.8 Å². The predicted molar refractivity (Wildman–Crippen MR) is 81.0 cm³/mol. The average Bonchev–Trinajstić information content (AvgIpc) is 2.43. The van der Waals surface area contributed by atoms with E-state index in [4.69, 9.17) is 27.3 Å². The van der Waals surface area contributed by atoms with Crippen LogP contribution in [-0.4, -0.2) is 0 Å². The lowest BCUT2D eigenvalue weighted by Gasteiger charge is -2.12. The summed E-state index contributed by atoms with van der Waals surface area (Å²) >= 11 is 5.86. The number of hydrogen-bond donors (Lipinski definition) is 1. The highest BCUT2D eigenvalue weighted by Gasteiger charge is 2.09. The third kappa shape index (κ3) is 3.11. The molecule has 0 unspecified atom stereocenters. The van der Waals surface area contributed by atoms with Crippen LogP contribution in [0, 0.1) is 11.3 Å². The van der Waals surface area contributed by atoms with Crippen molar-refractivity contribution in [2.75, 3.05) is 5.73 Å². The lowest BCUT2D eigenvalue weighted by Crippen LogP contribution is -1.95. The molecular weight excluding hydrogens is 272 g/mol. The van der Waals surface area contributed by atoms with E-state index < -0.39 is 0 Å². The van der Waals surface area contributed by atoms with Crippen molar-refractivity contribution < 1.29 is 4.74 Å². The van der Waals surface area contributed by atoms with Crippen LogP contribution in [0.2, 0.25) is 5.02 Å². The van der Waals surface area contributed by atoms with Gasteiger partial charge >= 0.3 is 0 Å². The zero-order valence-electron chi connectivity index (χ0n) is 10.8. The summed E-state index contributed by atoms with van der Waals surface area (Å²) in [5, 5.41) is 9.61. The number of benzene rings is 2. The minimum atomic E-state index is 0.388. The van der Waals surface area contributed by atoms with Gasteiger partial charge in [-0.2, -0.15) is 5.26 Å². The maximum Gasteiger partial charge on any atom is 0.145 e. The van der Waals surface area contributed by atoms with Crippen molar-refractivity contribution in [2.24, 2.45) is 0 Å². The van der Waals surface area contributed by atoms with E-state index in [1.54, 1.807) is 36.4 Å². The van der Waals surface area contributed by atoms with Crippen LogP contribution in [0.15, 0.2) is 49.1 Å². The number of nitrogens with two attached hydrogens (primary N) is 1. The number of nitrogen functional groups attached to an aromatic ring is 1. The van der Waals surface area contributed by atoms with E-state index in [1.165, 1.54) is 0 Å². The van der Waals surface area contributed by atoms with Crippen LogP contribution in [0.1, 0.15) is 11.1 Å². The van der Waals surface area contributed by atoms with Crippen LogP contribution in [0.4, 0.5) is 5.69 Å². The number of nitriles is 1. The first-order chi connectivity index (χ1) is 9.63. The quantitative estimate of drug-likeness (QED) is 0.672. The zero-order valence-corrected chi connectivity index (χ0v) is 11.5. The van der Waals surface area contributed by atoms with E-state index in [9.17, 15) is 0 Å². The van der Waals surface area contributed by atoms with Crippen molar-refractivity contribution in [2.45, 2.75) is 6.42 Å². The fraction of sp³-hybridized carbons (Fsp3) is 0.0625. The molecule has 0 saturated carbocycles. The molecule has 0 fully saturated rings. The summed E-state index contributed by atoms with van der Waals surface area (Å²) in [6, 6.07) is 12.4. The normalized spacial score (nSPS) is 9.80. The van der Waals surface area contributed by atoms with Crippen molar-refractivity contribution in [3.05, 3.63) is 65.2 Å². The van der Waals surface area contributed by atoms with Gasteiger partial charge in [-0.25, -0.2) is 0 Å². The Hall–Kier alpha value is -2.44. The number of hydrogen-bond acceptors (Lipinski definition) is 3. The molecule has 2 aromatic carbocycles. The molecule has 0 radical (unpaired) electrons. The minimum absolute atomic E-state index is 0.388. The van der Waals surface area contributed by atoms with Crippen LogP contribution in [-0.2, 0) is 6.42 Å². The van der Waals surface area contributed by atoms with Gasteiger partial charge in [0, 0.05) is 16.3 Å². The van der Waals surface area contributed by atoms with Gasteiger partial charge < -0.3 is 10.5 Å². The SMILES string of the molecule is C=CCc1cc(N)ccc1Oc1ccc(Cl)cc1C#N. The number of ether oxygens (including phenoxy) is 1. The summed E-state index contributed by atoms with van der Waals surface area (Å²) in [6.07, 6.45) is 2.41. The first kappa shape index (κ1) is 14.0. The summed E-state index contributed by atoms with van der Waals surface area (Å²) in [5.41, 5.74) is 7.73. The molecule has 0 aromatic heterocycles. The number of halogens is 1. The molecule has 4 heteroatoms. The highest BCUT2D eigenvalue weighted by Crippen LogP contribution is 2.31. The molecular formula is C16H13ClN2O. The van der Waals surface area contributed by atoms with Gasteiger partial charge in [0.1, 0.15) is 17.6 Å². The Morgan fingerprint density at radius 3 is 2.70 bits per heavy atom. The topological polar surface area (TPSA) is 59.0 Å². The maximum atomic E-state index is 9.11. The molecule has 2 N–H and O–H groups in total. The molecule has 100 valence electrons. The molecule has 0 heterocycles. The van der Waals surface area contributed by atoms with Crippen molar-refractivity contribution in [3.8, 4) is 17.6 Å². The van der Waals surface area contributed by atoms with Crippen LogP contribution in [0.3, 0.4) is 0 Å². The second-order valence-corrected chi connectivity index (χ2v) is 4.65. The third-order valence-corrected chi connectivity index (χ3v) is 2.97. The third-order valence-electron chi connectivity index (χ3n) is 2.73. The zero-order chi connectivity index (χ0) is 14.5. The van der Waals surface area contributed by atoms with E-state index in [0.29, 0.717) is 34.2 Å². The van der Waals surface area contributed by atoms with Gasteiger partial charge in [-0.3, -0.25) is 0 Å². The highest BCUT2D eigenvalue weighted by molar-refractivity contribution is 6.30. The summed E-state index contributed by atoms with van der Waals surface area (Å²) in [7, 11) is 0. The lowest BCUT2D eigenvalue weighted by atomic mass is 10.1. The number of rotatable bonds is 4. The molecule has 0 atom stereocenters. The Morgan fingerprint density at radius 1 is 1.25 bits per heavy atom. The van der Waals surface area contributed by atoms with Crippen LogP contribution < -0.4 is 10.5 Å². The second-order valence-electron chi connectivity index (χ2n) is 4.21. The molecule has 0 aliphatic rings. The lowest BCUT2D eigenvalue weighted by molar-refractivity contribution is 0.476. The molecule has 0 aliphatic carbocycles. The molecule has 0 spiro atoms. The standard InChI is InChI=1S/C16H13ClN2O/c1-2-3-11-9-14(19)5-7-15(11)20-16-6-4-13(17)8-12(16)10-18/h2,4-9H,1,3,19H2.